The predicted octanol–water partition coefficient (Wildman–Crippen LogP) is 0.974. The Bertz CT molecular complexity index is 708. The number of thioether (sulfide) groups is 1. The van der Waals surface area contributed by atoms with Gasteiger partial charge in [0.1, 0.15) is 4.32 Å². The molecule has 0 radical (unpaired) electrons. The van der Waals surface area contributed by atoms with Gasteiger partial charge in [-0.2, -0.15) is 4.52 Å². The summed E-state index contributed by atoms with van der Waals surface area (Å²) in [5.41, 5.74) is 0.346. The Kier molecular flexibility index (Phi) is 4.12. The summed E-state index contributed by atoms with van der Waals surface area (Å²) < 4.78 is 1.45. The Morgan fingerprint density at radius 1 is 1.68 bits per heavy atom. The third-order valence-corrected chi connectivity index (χ3v) is 3.94. The summed E-state index contributed by atoms with van der Waals surface area (Å²) in [6.07, 6.45) is 0. The first kappa shape index (κ1) is 13.9. The van der Waals surface area contributed by atoms with Crippen molar-refractivity contribution >= 4 is 55.7 Å². The van der Waals surface area contributed by atoms with Crippen LogP contribution in [0.15, 0.2) is 10.9 Å². The van der Waals surface area contributed by atoms with Crippen molar-refractivity contribution in [2.45, 2.75) is 6.92 Å². The van der Waals surface area contributed by atoms with E-state index in [9.17, 15) is 9.59 Å². The number of aromatic nitrogens is 3. The molecule has 0 amide bonds. The molecule has 100 valence electrons. The van der Waals surface area contributed by atoms with E-state index in [1.165, 1.54) is 21.9 Å². The zero-order valence-corrected chi connectivity index (χ0v) is 12.1. The van der Waals surface area contributed by atoms with Crippen LogP contribution < -0.4 is 10.9 Å². The van der Waals surface area contributed by atoms with Gasteiger partial charge in [0.2, 0.25) is 10.1 Å². The fourth-order valence-corrected chi connectivity index (χ4v) is 2.90. The van der Waals surface area contributed by atoms with Gasteiger partial charge in [0.15, 0.2) is 0 Å². The van der Waals surface area contributed by atoms with Crippen molar-refractivity contribution in [3.8, 4) is 0 Å². The smallest absolute Gasteiger partial charge is 0.313 e. The predicted molar refractivity (Wildman–Crippen MR) is 78.2 cm³/mol. The maximum atomic E-state index is 11.6. The molecule has 0 saturated heterocycles. The van der Waals surface area contributed by atoms with Gasteiger partial charge >= 0.3 is 5.97 Å². The molecule has 0 aromatic carbocycles. The first-order chi connectivity index (χ1) is 8.95. The number of nitrogens with one attached hydrogen (secondary N) is 1. The highest BCUT2D eigenvalue weighted by atomic mass is 32.2. The molecule has 19 heavy (non-hydrogen) atoms. The number of carbonyl (C=O) groups is 1. The van der Waals surface area contributed by atoms with Crippen LogP contribution >= 0.6 is 35.3 Å². The molecule has 0 unspecified atom stereocenters. The Morgan fingerprint density at radius 2 is 2.42 bits per heavy atom. The fraction of sp³-hybridized carbons (Fsp3) is 0.222. The number of anilines is 1. The second-order valence-corrected chi connectivity index (χ2v) is 6.04. The first-order valence-corrected chi connectivity index (χ1v) is 7.20. The van der Waals surface area contributed by atoms with Crippen LogP contribution in [0, 0.1) is 6.92 Å². The molecule has 2 heterocycles. The number of thiocarbonyl (C=S) groups is 1. The van der Waals surface area contributed by atoms with Gasteiger partial charge in [-0.05, 0) is 6.92 Å². The van der Waals surface area contributed by atoms with Crippen LogP contribution in [0.4, 0.5) is 5.13 Å². The van der Waals surface area contributed by atoms with Gasteiger partial charge in [-0.25, -0.2) is 4.98 Å². The summed E-state index contributed by atoms with van der Waals surface area (Å²) in [6, 6.07) is 1.38. The third-order valence-electron chi connectivity index (χ3n) is 1.91. The van der Waals surface area contributed by atoms with Crippen LogP contribution in [-0.4, -0.2) is 35.7 Å². The Morgan fingerprint density at radius 3 is 3.11 bits per heavy atom. The normalized spacial score (nSPS) is 10.6. The minimum atomic E-state index is -0.952. The fourth-order valence-electron chi connectivity index (χ4n) is 1.22. The van der Waals surface area contributed by atoms with E-state index >= 15 is 0 Å². The van der Waals surface area contributed by atoms with Gasteiger partial charge in [-0.3, -0.25) is 9.59 Å². The molecule has 0 spiro atoms. The third kappa shape index (κ3) is 3.49. The number of hydrogen-bond acceptors (Lipinski definition) is 7. The van der Waals surface area contributed by atoms with E-state index < -0.39 is 5.97 Å². The van der Waals surface area contributed by atoms with Crippen LogP contribution in [0.1, 0.15) is 5.69 Å². The van der Waals surface area contributed by atoms with Crippen molar-refractivity contribution in [3.63, 3.8) is 0 Å². The van der Waals surface area contributed by atoms with Crippen molar-refractivity contribution in [1.29, 1.82) is 0 Å². The van der Waals surface area contributed by atoms with E-state index in [0.717, 1.165) is 11.8 Å². The number of carboxylic acid groups (broad SMARTS) is 1. The number of fused-ring (bicyclic) bond motifs is 1. The van der Waals surface area contributed by atoms with Gasteiger partial charge in [0.05, 0.1) is 5.75 Å². The molecular formula is C9H8N4O3S3. The van der Waals surface area contributed by atoms with Gasteiger partial charge in [-0.15, -0.1) is 5.10 Å². The van der Waals surface area contributed by atoms with Gasteiger partial charge in [-0.1, -0.05) is 35.3 Å². The largest absolute Gasteiger partial charge is 0.481 e. The Hall–Kier alpha value is -1.52. The standard InChI is InChI=1S/C9H8N4O3S3/c1-4-2-5(14)13-8(10-4)19-7(12-13)11-9(17)18-3-6(15)16/h2H,3H2,1H3,(H,15,16)(H,11,12,17). The number of hydrogen-bond donors (Lipinski definition) is 2. The molecule has 2 aromatic rings. The molecule has 2 rings (SSSR count). The van der Waals surface area contributed by atoms with E-state index in [1.807, 2.05) is 0 Å². The number of aryl methyl sites for hydroxylation is 1. The van der Waals surface area contributed by atoms with Crippen LogP contribution in [0.3, 0.4) is 0 Å². The lowest BCUT2D eigenvalue weighted by atomic mass is 10.5. The molecule has 0 bridgehead atoms. The highest BCUT2D eigenvalue weighted by Gasteiger charge is 2.09. The van der Waals surface area contributed by atoms with Crippen molar-refractivity contribution < 1.29 is 9.90 Å². The van der Waals surface area contributed by atoms with Crippen LogP contribution in [0.2, 0.25) is 0 Å². The molecule has 7 nitrogen and oxygen atoms in total. The second kappa shape index (κ2) is 5.63. The average Bonchev–Trinajstić information content (AvgIpc) is 2.69. The monoisotopic (exact) mass is 316 g/mol. The lowest BCUT2D eigenvalue weighted by Gasteiger charge is -2.00. The zero-order valence-electron chi connectivity index (χ0n) is 9.61. The zero-order chi connectivity index (χ0) is 14.0. The van der Waals surface area contributed by atoms with Crippen LogP contribution in [0.5, 0.6) is 0 Å². The summed E-state index contributed by atoms with van der Waals surface area (Å²) >= 11 is 7.11. The number of aliphatic carboxylic acids is 1. The number of carboxylic acids is 1. The molecule has 0 saturated carbocycles. The minimum Gasteiger partial charge on any atom is -0.481 e. The SMILES string of the molecule is Cc1cc(=O)n2nc(NC(=S)SCC(=O)O)sc2n1. The van der Waals surface area contributed by atoms with Gasteiger partial charge in [0.25, 0.3) is 5.56 Å². The average molecular weight is 316 g/mol. The summed E-state index contributed by atoms with van der Waals surface area (Å²) in [7, 11) is 0. The number of rotatable bonds is 3. The summed E-state index contributed by atoms with van der Waals surface area (Å²) in [6.45, 7) is 1.72. The van der Waals surface area contributed by atoms with Crippen molar-refractivity contribution in [2.24, 2.45) is 0 Å². The topological polar surface area (TPSA) is 96.6 Å². The molecule has 0 fully saturated rings. The van der Waals surface area contributed by atoms with E-state index in [-0.39, 0.29) is 15.6 Å². The summed E-state index contributed by atoms with van der Waals surface area (Å²) in [5, 5.41) is 15.7. The van der Waals surface area contributed by atoms with Gasteiger partial charge < -0.3 is 10.4 Å². The molecule has 0 aliphatic heterocycles. The Balaban J connectivity index is 2.18. The van der Waals surface area contributed by atoms with Crippen LogP contribution in [0.25, 0.3) is 4.96 Å². The molecule has 2 aromatic heterocycles. The van der Waals surface area contributed by atoms with E-state index in [0.29, 0.717) is 15.8 Å². The lowest BCUT2D eigenvalue weighted by molar-refractivity contribution is -0.133. The van der Waals surface area contributed by atoms with E-state index in [1.54, 1.807) is 6.92 Å². The van der Waals surface area contributed by atoms with Crippen LogP contribution in [-0.2, 0) is 4.79 Å². The molecule has 0 atom stereocenters. The summed E-state index contributed by atoms with van der Waals surface area (Å²) in [5.74, 6) is -1.08. The minimum absolute atomic E-state index is 0.131. The molecule has 2 N–H and O–H groups in total. The number of nitrogens with zero attached hydrogens (tertiary/aromatic N) is 3. The summed E-state index contributed by atoms with van der Waals surface area (Å²) in [4.78, 5) is 26.7. The van der Waals surface area contributed by atoms with Crippen molar-refractivity contribution in [2.75, 3.05) is 11.1 Å². The second-order valence-electron chi connectivity index (χ2n) is 3.43. The maximum absolute atomic E-state index is 11.6. The molecule has 0 aliphatic rings. The maximum Gasteiger partial charge on any atom is 0.313 e. The molecule has 0 aliphatic carbocycles. The van der Waals surface area contributed by atoms with Crippen molar-refractivity contribution in [1.82, 2.24) is 14.6 Å². The molecular weight excluding hydrogens is 308 g/mol. The first-order valence-electron chi connectivity index (χ1n) is 4.99. The van der Waals surface area contributed by atoms with E-state index in [4.69, 9.17) is 17.3 Å². The molecule has 10 heteroatoms. The highest BCUT2D eigenvalue weighted by Crippen LogP contribution is 2.18. The highest BCUT2D eigenvalue weighted by molar-refractivity contribution is 8.23. The lowest BCUT2D eigenvalue weighted by Crippen LogP contribution is -2.15. The van der Waals surface area contributed by atoms with Gasteiger partial charge in [0, 0.05) is 11.8 Å². The van der Waals surface area contributed by atoms with E-state index in [2.05, 4.69) is 15.4 Å². The quantitative estimate of drug-likeness (QED) is 0.809. The van der Waals surface area contributed by atoms with Crippen molar-refractivity contribution in [3.05, 3.63) is 22.1 Å². The Labute approximate surface area is 120 Å².